The second-order valence-electron chi connectivity index (χ2n) is 6.94. The van der Waals surface area contributed by atoms with Gasteiger partial charge in [0, 0.05) is 10.3 Å². The van der Waals surface area contributed by atoms with Crippen LogP contribution in [0.3, 0.4) is 0 Å². The molecule has 0 fully saturated rings. The van der Waals surface area contributed by atoms with Gasteiger partial charge in [0.05, 0.1) is 19.0 Å². The summed E-state index contributed by atoms with van der Waals surface area (Å²) in [5.41, 5.74) is 2.43. The molecule has 0 bridgehead atoms. The molecule has 1 aliphatic heterocycles. The number of nitrogens with zero attached hydrogens (tertiary/aromatic N) is 2. The summed E-state index contributed by atoms with van der Waals surface area (Å²) in [4.78, 5) is 32.0. The van der Waals surface area contributed by atoms with E-state index in [2.05, 4.69) is 6.07 Å². The number of carbonyl (C=O) groups is 2. The number of fused-ring (bicyclic) bond motifs is 3. The molecule has 1 atom stereocenters. The minimum Gasteiger partial charge on any atom is -0.426 e. The van der Waals surface area contributed by atoms with Crippen molar-refractivity contribution in [1.82, 2.24) is 9.63 Å². The van der Waals surface area contributed by atoms with Gasteiger partial charge < -0.3 is 9.30 Å². The summed E-state index contributed by atoms with van der Waals surface area (Å²) in [5.74, 6) is -0.248. The lowest BCUT2D eigenvalue weighted by Crippen LogP contribution is -2.31. The molecule has 30 heavy (non-hydrogen) atoms. The van der Waals surface area contributed by atoms with Gasteiger partial charge in [0.25, 0.3) is 5.91 Å². The number of hydrogen-bond donors (Lipinski definition) is 0. The van der Waals surface area contributed by atoms with E-state index in [0.29, 0.717) is 11.4 Å². The summed E-state index contributed by atoms with van der Waals surface area (Å²) in [6, 6.07) is 20.9. The van der Waals surface area contributed by atoms with Gasteiger partial charge in [0.2, 0.25) is 0 Å². The minimum absolute atomic E-state index is 0.0333. The number of hydroxylamine groups is 2. The van der Waals surface area contributed by atoms with Crippen LogP contribution < -0.4 is 4.74 Å². The molecule has 5 rings (SSSR count). The molecule has 0 N–H and O–H groups in total. The van der Waals surface area contributed by atoms with Gasteiger partial charge in [-0.3, -0.25) is 14.4 Å². The van der Waals surface area contributed by atoms with Gasteiger partial charge >= 0.3 is 5.97 Å². The first-order valence-electron chi connectivity index (χ1n) is 9.48. The summed E-state index contributed by atoms with van der Waals surface area (Å²) in [5, 5.41) is 4.20. The van der Waals surface area contributed by atoms with Gasteiger partial charge in [-0.05, 0) is 41.3 Å². The van der Waals surface area contributed by atoms with Crippen LogP contribution >= 0.6 is 11.3 Å². The Kier molecular flexibility index (Phi) is 4.61. The van der Waals surface area contributed by atoms with E-state index >= 15 is 0 Å². The van der Waals surface area contributed by atoms with Gasteiger partial charge in [-0.2, -0.15) is 5.06 Å². The van der Waals surface area contributed by atoms with Crippen molar-refractivity contribution in [2.45, 2.75) is 12.6 Å². The number of aromatic nitrogens is 1. The maximum absolute atomic E-state index is 12.9. The number of carbonyl (C=O) groups excluding carboxylic acids is 2. The van der Waals surface area contributed by atoms with Crippen LogP contribution in [0.25, 0.3) is 21.3 Å². The number of para-hydroxylation sites is 1. The topological polar surface area (TPSA) is 60.8 Å². The zero-order chi connectivity index (χ0) is 20.7. The van der Waals surface area contributed by atoms with E-state index < -0.39 is 12.1 Å². The van der Waals surface area contributed by atoms with Gasteiger partial charge in [-0.25, -0.2) is 0 Å². The highest BCUT2D eigenvalue weighted by Gasteiger charge is 2.40. The van der Waals surface area contributed by atoms with Crippen molar-refractivity contribution < 1.29 is 19.2 Å². The largest absolute Gasteiger partial charge is 0.426 e. The molecule has 3 heterocycles. The first-order chi connectivity index (χ1) is 14.7. The van der Waals surface area contributed by atoms with E-state index in [1.54, 1.807) is 35.6 Å². The Morgan fingerprint density at radius 3 is 2.63 bits per heavy atom. The molecule has 0 saturated heterocycles. The zero-order valence-corrected chi connectivity index (χ0v) is 17.0. The van der Waals surface area contributed by atoms with E-state index in [1.165, 1.54) is 12.2 Å². The van der Waals surface area contributed by atoms with E-state index in [4.69, 9.17) is 9.57 Å². The molecule has 1 aliphatic rings. The van der Waals surface area contributed by atoms with Crippen molar-refractivity contribution in [3.05, 3.63) is 77.8 Å². The maximum atomic E-state index is 12.9. The molecular formula is C23H18N2O4S. The number of esters is 1. The smallest absolute Gasteiger partial charge is 0.315 e. The lowest BCUT2D eigenvalue weighted by atomic mass is 10.1. The quantitative estimate of drug-likeness (QED) is 0.342. The Morgan fingerprint density at radius 1 is 1.07 bits per heavy atom. The fourth-order valence-corrected chi connectivity index (χ4v) is 4.57. The van der Waals surface area contributed by atoms with E-state index in [1.807, 2.05) is 46.3 Å². The lowest BCUT2D eigenvalue weighted by molar-refractivity contribution is -0.151. The van der Waals surface area contributed by atoms with E-state index in [9.17, 15) is 9.59 Å². The van der Waals surface area contributed by atoms with Crippen molar-refractivity contribution >= 4 is 34.1 Å². The van der Waals surface area contributed by atoms with E-state index in [-0.39, 0.29) is 12.3 Å². The highest BCUT2D eigenvalue weighted by atomic mass is 32.1. The minimum atomic E-state index is -0.621. The second-order valence-corrected chi connectivity index (χ2v) is 7.88. The van der Waals surface area contributed by atoms with Crippen LogP contribution in [0.15, 0.2) is 72.1 Å². The highest BCUT2D eigenvalue weighted by Crippen LogP contribution is 2.38. The summed E-state index contributed by atoms with van der Waals surface area (Å²) in [6.45, 7) is 0. The lowest BCUT2D eigenvalue weighted by Gasteiger charge is -2.23. The van der Waals surface area contributed by atoms with Crippen molar-refractivity contribution in [1.29, 1.82) is 0 Å². The summed E-state index contributed by atoms with van der Waals surface area (Å²) in [6.07, 6.45) is -0.654. The summed E-state index contributed by atoms with van der Waals surface area (Å²) >= 11 is 1.65. The number of rotatable bonds is 5. The third kappa shape index (κ3) is 3.08. The van der Waals surface area contributed by atoms with Gasteiger partial charge in [-0.15, -0.1) is 11.3 Å². The van der Waals surface area contributed by atoms with Crippen LogP contribution in [0.5, 0.6) is 5.75 Å². The second kappa shape index (κ2) is 7.44. The number of hydrogen-bond acceptors (Lipinski definition) is 5. The molecular weight excluding hydrogens is 400 g/mol. The predicted molar refractivity (Wildman–Crippen MR) is 114 cm³/mol. The molecule has 0 radical (unpaired) electrons. The zero-order valence-electron chi connectivity index (χ0n) is 16.1. The predicted octanol–water partition coefficient (Wildman–Crippen LogP) is 4.88. The molecule has 0 aliphatic carbocycles. The molecule has 0 spiro atoms. The van der Waals surface area contributed by atoms with E-state index in [0.717, 1.165) is 21.3 Å². The first kappa shape index (κ1) is 18.6. The van der Waals surface area contributed by atoms with Crippen molar-refractivity contribution in [3.63, 3.8) is 0 Å². The SMILES string of the molecule is CON1C(=O)c2cc3ccc(-c4cccs4)cc3n2C1CC(=O)Oc1ccccc1. The Morgan fingerprint density at radius 2 is 1.90 bits per heavy atom. The fourth-order valence-electron chi connectivity index (χ4n) is 3.85. The molecule has 1 amide bonds. The Bertz CT molecular complexity index is 1230. The maximum Gasteiger partial charge on any atom is 0.315 e. The highest BCUT2D eigenvalue weighted by molar-refractivity contribution is 7.13. The molecule has 6 nitrogen and oxygen atoms in total. The van der Waals surface area contributed by atoms with Gasteiger partial charge in [-0.1, -0.05) is 36.4 Å². The van der Waals surface area contributed by atoms with Gasteiger partial charge in [0.1, 0.15) is 17.6 Å². The molecule has 4 aromatic rings. The Hall–Kier alpha value is -3.42. The van der Waals surface area contributed by atoms with Crippen LogP contribution in [-0.4, -0.2) is 28.6 Å². The molecule has 1 unspecified atom stereocenters. The van der Waals surface area contributed by atoms with Crippen LogP contribution in [0.4, 0.5) is 0 Å². The van der Waals surface area contributed by atoms with Crippen molar-refractivity contribution in [2.75, 3.05) is 7.11 Å². The average molecular weight is 418 g/mol. The van der Waals surface area contributed by atoms with Crippen LogP contribution in [0, 0.1) is 0 Å². The van der Waals surface area contributed by atoms with Crippen LogP contribution in [0.1, 0.15) is 23.1 Å². The summed E-state index contributed by atoms with van der Waals surface area (Å²) in [7, 11) is 1.43. The summed E-state index contributed by atoms with van der Waals surface area (Å²) < 4.78 is 7.31. The average Bonchev–Trinajstić information content (AvgIpc) is 3.46. The number of amides is 1. The first-order valence-corrected chi connectivity index (χ1v) is 10.4. The molecule has 2 aromatic carbocycles. The van der Waals surface area contributed by atoms with Gasteiger partial charge in [0.15, 0.2) is 0 Å². The molecule has 0 saturated carbocycles. The third-order valence-corrected chi connectivity index (χ3v) is 6.08. The van der Waals surface area contributed by atoms with Crippen LogP contribution in [0.2, 0.25) is 0 Å². The monoisotopic (exact) mass is 418 g/mol. The number of benzene rings is 2. The Balaban J connectivity index is 1.53. The fraction of sp³-hybridized carbons (Fsp3) is 0.130. The number of thiophene rings is 1. The van der Waals surface area contributed by atoms with Crippen molar-refractivity contribution in [2.24, 2.45) is 0 Å². The molecule has 150 valence electrons. The van der Waals surface area contributed by atoms with Crippen molar-refractivity contribution in [3.8, 4) is 16.2 Å². The Labute approximate surface area is 176 Å². The van der Waals surface area contributed by atoms with Crippen LogP contribution in [-0.2, 0) is 9.63 Å². The third-order valence-electron chi connectivity index (χ3n) is 5.16. The normalized spacial score (nSPS) is 15.6. The standard InChI is InChI=1S/C23H18N2O4S/c1-28-25-21(14-22(26)29-17-6-3-2-4-7-17)24-18-13-16(20-8-5-11-30-20)10-9-15(18)12-19(24)23(25)27/h2-13,21H,14H2,1H3. The molecule has 2 aromatic heterocycles. The number of ether oxygens (including phenoxy) is 1. The molecule has 7 heteroatoms.